The molecular weight excluding hydrogens is 370 g/mol. The quantitative estimate of drug-likeness (QED) is 0.609. The third kappa shape index (κ3) is 5.03. The Balaban J connectivity index is 1.76. The molecule has 3 rings (SSSR count). The molecule has 0 aliphatic carbocycles. The number of carbonyl (C=O) groups excluding carboxylic acids is 1. The third-order valence-corrected chi connectivity index (χ3v) is 5.04. The first-order chi connectivity index (χ1) is 13.3. The largest absolute Gasteiger partial charge is 0.367 e. The van der Waals surface area contributed by atoms with Crippen molar-refractivity contribution in [1.29, 1.82) is 0 Å². The van der Waals surface area contributed by atoms with Crippen molar-refractivity contribution < 1.29 is 9.53 Å². The minimum absolute atomic E-state index is 0.0924. The zero-order valence-corrected chi connectivity index (χ0v) is 17.4. The Hall–Kier alpha value is -2.57. The van der Waals surface area contributed by atoms with Crippen molar-refractivity contribution in [2.75, 3.05) is 5.32 Å². The van der Waals surface area contributed by atoms with Crippen LogP contribution in [0.15, 0.2) is 54.2 Å². The SMILES string of the molecule is CC(C)OC(C)(C)c1csc(NC(=O)c2ccccc2Cc2ccncc2)n1. The Labute approximate surface area is 169 Å². The molecule has 1 amide bonds. The van der Waals surface area contributed by atoms with E-state index in [2.05, 4.69) is 15.3 Å². The molecular formula is C22H25N3O2S. The number of benzene rings is 1. The molecule has 1 aromatic carbocycles. The molecule has 28 heavy (non-hydrogen) atoms. The minimum Gasteiger partial charge on any atom is -0.367 e. The minimum atomic E-state index is -0.507. The maximum Gasteiger partial charge on any atom is 0.257 e. The molecule has 0 aliphatic heterocycles. The monoisotopic (exact) mass is 395 g/mol. The molecule has 0 saturated carbocycles. The van der Waals surface area contributed by atoms with Crippen LogP contribution in [0.2, 0.25) is 0 Å². The van der Waals surface area contributed by atoms with Crippen LogP contribution in [0.1, 0.15) is 54.9 Å². The van der Waals surface area contributed by atoms with Crippen molar-refractivity contribution in [3.63, 3.8) is 0 Å². The molecule has 2 aromatic heterocycles. The van der Waals surface area contributed by atoms with E-state index in [0.29, 0.717) is 17.1 Å². The molecule has 2 heterocycles. The van der Waals surface area contributed by atoms with E-state index in [4.69, 9.17) is 4.74 Å². The molecule has 0 atom stereocenters. The Morgan fingerprint density at radius 1 is 1.18 bits per heavy atom. The average Bonchev–Trinajstić information content (AvgIpc) is 3.11. The van der Waals surface area contributed by atoms with Crippen molar-refractivity contribution in [3.8, 4) is 0 Å². The molecule has 146 valence electrons. The number of anilines is 1. The highest BCUT2D eigenvalue weighted by Crippen LogP contribution is 2.29. The summed E-state index contributed by atoms with van der Waals surface area (Å²) < 4.78 is 5.94. The summed E-state index contributed by atoms with van der Waals surface area (Å²) in [7, 11) is 0. The molecule has 0 radical (unpaired) electrons. The van der Waals surface area contributed by atoms with Gasteiger partial charge in [-0.25, -0.2) is 4.98 Å². The van der Waals surface area contributed by atoms with E-state index < -0.39 is 5.60 Å². The van der Waals surface area contributed by atoms with Crippen LogP contribution in [-0.4, -0.2) is 22.0 Å². The lowest BCUT2D eigenvalue weighted by Crippen LogP contribution is -2.26. The summed E-state index contributed by atoms with van der Waals surface area (Å²) in [6.07, 6.45) is 4.28. The lowest BCUT2D eigenvalue weighted by Gasteiger charge is -2.25. The zero-order valence-electron chi connectivity index (χ0n) is 16.6. The molecule has 0 bridgehead atoms. The summed E-state index contributed by atoms with van der Waals surface area (Å²) >= 11 is 1.41. The topological polar surface area (TPSA) is 64.1 Å². The first-order valence-corrected chi connectivity index (χ1v) is 10.1. The molecule has 0 saturated heterocycles. The van der Waals surface area contributed by atoms with Gasteiger partial charge >= 0.3 is 0 Å². The molecule has 0 aliphatic rings. The lowest BCUT2D eigenvalue weighted by molar-refractivity contribution is -0.0623. The standard InChI is InChI=1S/C22H25N3O2S/c1-15(2)27-22(3,4)19-14-28-21(24-19)25-20(26)18-8-6-5-7-17(18)13-16-9-11-23-12-10-16/h5-12,14-15H,13H2,1-4H3,(H,24,25,26). The van der Waals surface area contributed by atoms with Crippen molar-refractivity contribution in [2.45, 2.75) is 45.8 Å². The number of rotatable bonds is 7. The second kappa shape index (κ2) is 8.63. The highest BCUT2D eigenvalue weighted by molar-refractivity contribution is 7.14. The first kappa shape index (κ1) is 20.2. The summed E-state index contributed by atoms with van der Waals surface area (Å²) in [5.74, 6) is -0.159. The van der Waals surface area contributed by atoms with Crippen LogP contribution in [0.4, 0.5) is 5.13 Å². The number of ether oxygens (including phenoxy) is 1. The fourth-order valence-electron chi connectivity index (χ4n) is 3.04. The predicted octanol–water partition coefficient (Wildman–Crippen LogP) is 5.04. The van der Waals surface area contributed by atoms with Gasteiger partial charge in [-0.2, -0.15) is 0 Å². The van der Waals surface area contributed by atoms with Crippen molar-refractivity contribution >= 4 is 22.4 Å². The van der Waals surface area contributed by atoms with E-state index in [1.807, 2.05) is 69.5 Å². The smallest absolute Gasteiger partial charge is 0.257 e. The van der Waals surface area contributed by atoms with Crippen molar-refractivity contribution in [2.24, 2.45) is 0 Å². The number of amides is 1. The number of aromatic nitrogens is 2. The van der Waals surface area contributed by atoms with Gasteiger partial charge in [0.2, 0.25) is 0 Å². The molecule has 1 N–H and O–H groups in total. The normalized spacial score (nSPS) is 11.6. The number of hydrogen-bond acceptors (Lipinski definition) is 5. The first-order valence-electron chi connectivity index (χ1n) is 9.27. The molecule has 0 fully saturated rings. The number of carbonyl (C=O) groups is 1. The molecule has 5 nitrogen and oxygen atoms in total. The highest BCUT2D eigenvalue weighted by atomic mass is 32.1. The summed E-state index contributed by atoms with van der Waals surface area (Å²) in [6, 6.07) is 11.5. The van der Waals surface area contributed by atoms with E-state index in [0.717, 1.165) is 16.8 Å². The van der Waals surface area contributed by atoms with Gasteiger partial charge in [-0.1, -0.05) is 18.2 Å². The second-order valence-electron chi connectivity index (χ2n) is 7.36. The van der Waals surface area contributed by atoms with Crippen LogP contribution >= 0.6 is 11.3 Å². The summed E-state index contributed by atoms with van der Waals surface area (Å²) in [5.41, 5.74) is 3.03. The van der Waals surface area contributed by atoms with E-state index in [1.165, 1.54) is 11.3 Å². The van der Waals surface area contributed by atoms with E-state index in [9.17, 15) is 4.79 Å². The maximum absolute atomic E-state index is 12.9. The molecule has 3 aromatic rings. The van der Waals surface area contributed by atoms with Gasteiger partial charge in [-0.3, -0.25) is 15.1 Å². The number of nitrogens with zero attached hydrogens (tertiary/aromatic N) is 2. The van der Waals surface area contributed by atoms with Crippen LogP contribution in [0.3, 0.4) is 0 Å². The van der Waals surface area contributed by atoms with Gasteiger partial charge in [0.05, 0.1) is 11.8 Å². The predicted molar refractivity (Wildman–Crippen MR) is 113 cm³/mol. The Morgan fingerprint density at radius 2 is 1.89 bits per heavy atom. The van der Waals surface area contributed by atoms with Gasteiger partial charge in [0, 0.05) is 23.3 Å². The number of thiazole rings is 1. The van der Waals surface area contributed by atoms with Crippen LogP contribution < -0.4 is 5.32 Å². The van der Waals surface area contributed by atoms with Gasteiger partial charge in [0.1, 0.15) is 5.60 Å². The fourth-order valence-corrected chi connectivity index (χ4v) is 3.90. The number of hydrogen-bond donors (Lipinski definition) is 1. The average molecular weight is 396 g/mol. The van der Waals surface area contributed by atoms with Crippen LogP contribution in [0, 0.1) is 0 Å². The second-order valence-corrected chi connectivity index (χ2v) is 8.22. The Morgan fingerprint density at radius 3 is 2.61 bits per heavy atom. The van der Waals surface area contributed by atoms with Gasteiger partial charge < -0.3 is 4.74 Å². The number of pyridine rings is 1. The zero-order chi connectivity index (χ0) is 20.1. The third-order valence-electron chi connectivity index (χ3n) is 4.28. The Kier molecular flexibility index (Phi) is 6.21. The molecule has 6 heteroatoms. The summed E-state index contributed by atoms with van der Waals surface area (Å²) in [6.45, 7) is 7.96. The van der Waals surface area contributed by atoms with E-state index in [1.54, 1.807) is 12.4 Å². The number of nitrogens with one attached hydrogen (secondary N) is 1. The molecule has 0 spiro atoms. The van der Waals surface area contributed by atoms with Crippen LogP contribution in [-0.2, 0) is 16.8 Å². The van der Waals surface area contributed by atoms with Gasteiger partial charge in [-0.05, 0) is 63.4 Å². The van der Waals surface area contributed by atoms with Crippen LogP contribution in [0.25, 0.3) is 0 Å². The summed E-state index contributed by atoms with van der Waals surface area (Å²) in [5, 5.41) is 5.43. The lowest BCUT2D eigenvalue weighted by atomic mass is 10.00. The maximum atomic E-state index is 12.9. The Bertz CT molecular complexity index is 936. The van der Waals surface area contributed by atoms with E-state index >= 15 is 0 Å². The van der Waals surface area contributed by atoms with E-state index in [-0.39, 0.29) is 12.0 Å². The fraction of sp³-hybridized carbons (Fsp3) is 0.318. The highest BCUT2D eigenvalue weighted by Gasteiger charge is 2.26. The van der Waals surface area contributed by atoms with Gasteiger partial charge in [0.15, 0.2) is 5.13 Å². The van der Waals surface area contributed by atoms with Crippen molar-refractivity contribution in [3.05, 3.63) is 76.6 Å². The molecule has 0 unspecified atom stereocenters. The van der Waals surface area contributed by atoms with Crippen LogP contribution in [0.5, 0.6) is 0 Å². The van der Waals surface area contributed by atoms with Gasteiger partial charge in [0.25, 0.3) is 5.91 Å². The van der Waals surface area contributed by atoms with Crippen molar-refractivity contribution in [1.82, 2.24) is 9.97 Å². The van der Waals surface area contributed by atoms with Gasteiger partial charge in [-0.15, -0.1) is 11.3 Å². The summed E-state index contributed by atoms with van der Waals surface area (Å²) in [4.78, 5) is 21.5.